The Morgan fingerprint density at radius 1 is 1.23 bits per heavy atom. The van der Waals surface area contributed by atoms with E-state index in [0.29, 0.717) is 19.5 Å². The molecule has 0 bridgehead atoms. The van der Waals surface area contributed by atoms with Crippen molar-refractivity contribution in [3.05, 3.63) is 47.8 Å². The maximum Gasteiger partial charge on any atom is 0.416 e. The number of nitrogens with zero attached hydrogens (tertiary/aromatic N) is 1. The van der Waals surface area contributed by atoms with Gasteiger partial charge in [0.15, 0.2) is 0 Å². The minimum atomic E-state index is -4.54. The van der Waals surface area contributed by atoms with Crippen LogP contribution in [0.4, 0.5) is 23.2 Å². The molecule has 2 aliphatic rings. The summed E-state index contributed by atoms with van der Waals surface area (Å²) in [6.45, 7) is 1.12. The molecule has 2 aliphatic heterocycles. The fourth-order valence-corrected chi connectivity index (χ4v) is 4.01. The number of alkyl halides is 3. The molecule has 2 saturated heterocycles. The van der Waals surface area contributed by atoms with Gasteiger partial charge >= 0.3 is 6.18 Å². The van der Waals surface area contributed by atoms with Gasteiger partial charge in [-0.1, -0.05) is 12.1 Å². The molecule has 5 nitrogen and oxygen atoms in total. The van der Waals surface area contributed by atoms with Crippen LogP contribution in [0.5, 0.6) is 5.75 Å². The molecule has 1 unspecified atom stereocenters. The highest BCUT2D eigenvalue weighted by Gasteiger charge is 2.40. The molecule has 9 heteroatoms. The molecule has 0 saturated carbocycles. The van der Waals surface area contributed by atoms with Gasteiger partial charge < -0.3 is 19.7 Å². The number of methoxy groups -OCH3 is 1. The van der Waals surface area contributed by atoms with Crippen LogP contribution in [0.2, 0.25) is 0 Å². The van der Waals surface area contributed by atoms with Gasteiger partial charge in [0.05, 0.1) is 30.5 Å². The molecule has 1 N–H and O–H groups in total. The normalized spacial score (nSPS) is 22.0. The number of halogens is 4. The second-order valence-corrected chi connectivity index (χ2v) is 7.26. The van der Waals surface area contributed by atoms with Gasteiger partial charge in [0.1, 0.15) is 18.2 Å². The third-order valence-corrected chi connectivity index (χ3v) is 5.44. The first-order valence-corrected chi connectivity index (χ1v) is 9.49. The second-order valence-electron chi connectivity index (χ2n) is 7.26. The van der Waals surface area contributed by atoms with E-state index in [-0.39, 0.29) is 47.2 Å². The van der Waals surface area contributed by atoms with Crippen molar-refractivity contribution in [2.24, 2.45) is 0 Å². The van der Waals surface area contributed by atoms with Crippen molar-refractivity contribution in [2.75, 3.05) is 31.7 Å². The Bertz CT molecular complexity index is 964. The highest BCUT2D eigenvalue weighted by molar-refractivity contribution is 5.97. The van der Waals surface area contributed by atoms with Gasteiger partial charge in [0.25, 0.3) is 5.91 Å². The van der Waals surface area contributed by atoms with Crippen molar-refractivity contribution in [2.45, 2.75) is 24.7 Å². The van der Waals surface area contributed by atoms with Gasteiger partial charge in [0, 0.05) is 18.2 Å². The van der Waals surface area contributed by atoms with Gasteiger partial charge in [0.2, 0.25) is 0 Å². The Morgan fingerprint density at radius 2 is 2.03 bits per heavy atom. The van der Waals surface area contributed by atoms with E-state index in [0.717, 1.165) is 18.2 Å². The van der Waals surface area contributed by atoms with E-state index in [1.807, 2.05) is 0 Å². The van der Waals surface area contributed by atoms with Crippen LogP contribution in [0.3, 0.4) is 0 Å². The quantitative estimate of drug-likeness (QED) is 0.765. The van der Waals surface area contributed by atoms with Gasteiger partial charge in [-0.05, 0) is 36.7 Å². The lowest BCUT2D eigenvalue weighted by molar-refractivity contribution is -0.137. The smallest absolute Gasteiger partial charge is 0.416 e. The molecule has 0 aliphatic carbocycles. The summed E-state index contributed by atoms with van der Waals surface area (Å²) in [6, 6.07) is 6.64. The zero-order valence-corrected chi connectivity index (χ0v) is 16.1. The number of nitrogens with one attached hydrogen (secondary N) is 1. The van der Waals surface area contributed by atoms with E-state index in [1.54, 1.807) is 0 Å². The number of hydrogen-bond acceptors (Lipinski definition) is 4. The van der Waals surface area contributed by atoms with E-state index in [9.17, 15) is 18.0 Å². The van der Waals surface area contributed by atoms with Crippen molar-refractivity contribution < 1.29 is 31.8 Å². The number of hydrogen-bond donors (Lipinski definition) is 1. The SMILES string of the molecule is COc1cc(-c2cccc(C(F)(F)F)c2)c(F)cc1N1C(=O)COC2CNCC[C@H]21. The van der Waals surface area contributed by atoms with Crippen LogP contribution in [-0.4, -0.2) is 44.9 Å². The molecule has 1 amide bonds. The molecular weight excluding hydrogens is 404 g/mol. The average Bonchev–Trinajstić information content (AvgIpc) is 2.73. The number of piperidine rings is 1. The Kier molecular flexibility index (Phi) is 5.42. The van der Waals surface area contributed by atoms with Crippen LogP contribution in [0.15, 0.2) is 36.4 Å². The fourth-order valence-electron chi connectivity index (χ4n) is 4.01. The summed E-state index contributed by atoms with van der Waals surface area (Å²) in [7, 11) is 1.37. The first-order chi connectivity index (χ1) is 14.3. The molecule has 160 valence electrons. The number of amides is 1. The third kappa shape index (κ3) is 3.75. The van der Waals surface area contributed by atoms with E-state index in [2.05, 4.69) is 5.32 Å². The van der Waals surface area contributed by atoms with Crippen molar-refractivity contribution in [3.63, 3.8) is 0 Å². The van der Waals surface area contributed by atoms with Crippen LogP contribution in [0, 0.1) is 5.82 Å². The summed E-state index contributed by atoms with van der Waals surface area (Å²) >= 11 is 0. The number of morpholine rings is 1. The zero-order chi connectivity index (χ0) is 21.5. The second kappa shape index (κ2) is 7.88. The lowest BCUT2D eigenvalue weighted by atomic mass is 9.97. The summed E-state index contributed by atoms with van der Waals surface area (Å²) in [5.41, 5.74) is -0.594. The molecule has 4 rings (SSSR count). The van der Waals surface area contributed by atoms with Crippen LogP contribution < -0.4 is 15.0 Å². The van der Waals surface area contributed by atoms with E-state index >= 15 is 4.39 Å². The van der Waals surface area contributed by atoms with E-state index < -0.39 is 17.6 Å². The first kappa shape index (κ1) is 20.6. The molecule has 2 aromatic carbocycles. The lowest BCUT2D eigenvalue weighted by Crippen LogP contribution is -2.61. The first-order valence-electron chi connectivity index (χ1n) is 9.49. The number of carbonyl (C=O) groups excluding carboxylic acids is 1. The molecule has 30 heavy (non-hydrogen) atoms. The summed E-state index contributed by atoms with van der Waals surface area (Å²) in [5.74, 6) is -0.853. The zero-order valence-electron chi connectivity index (χ0n) is 16.1. The monoisotopic (exact) mass is 424 g/mol. The van der Waals surface area contributed by atoms with E-state index in [4.69, 9.17) is 9.47 Å². The largest absolute Gasteiger partial charge is 0.495 e. The topological polar surface area (TPSA) is 50.8 Å². The highest BCUT2D eigenvalue weighted by Crippen LogP contribution is 2.40. The van der Waals surface area contributed by atoms with Crippen LogP contribution in [0.25, 0.3) is 11.1 Å². The number of fused-ring (bicyclic) bond motifs is 1. The summed E-state index contributed by atoms with van der Waals surface area (Å²) in [4.78, 5) is 14.1. The summed E-state index contributed by atoms with van der Waals surface area (Å²) < 4.78 is 65.2. The molecule has 2 heterocycles. The van der Waals surface area contributed by atoms with Crippen molar-refractivity contribution in [1.82, 2.24) is 5.32 Å². The number of ether oxygens (including phenoxy) is 2. The van der Waals surface area contributed by atoms with Crippen LogP contribution in [-0.2, 0) is 15.7 Å². The maximum absolute atomic E-state index is 15.1. The number of carbonyl (C=O) groups is 1. The molecule has 2 fully saturated rings. The van der Waals surface area contributed by atoms with Gasteiger partial charge in [-0.3, -0.25) is 4.79 Å². The predicted octanol–water partition coefficient (Wildman–Crippen LogP) is 3.61. The van der Waals surface area contributed by atoms with Gasteiger partial charge in [-0.25, -0.2) is 4.39 Å². The molecule has 0 radical (unpaired) electrons. The summed E-state index contributed by atoms with van der Waals surface area (Å²) in [6.07, 6.45) is -4.15. The third-order valence-electron chi connectivity index (χ3n) is 5.44. The van der Waals surface area contributed by atoms with Gasteiger partial charge in [-0.15, -0.1) is 0 Å². The Morgan fingerprint density at radius 3 is 2.77 bits per heavy atom. The van der Waals surface area contributed by atoms with Crippen molar-refractivity contribution in [3.8, 4) is 16.9 Å². The van der Waals surface area contributed by atoms with Crippen molar-refractivity contribution in [1.29, 1.82) is 0 Å². The minimum Gasteiger partial charge on any atom is -0.495 e. The fraction of sp³-hybridized carbons (Fsp3) is 0.381. The molecule has 0 aromatic heterocycles. The Hall–Kier alpha value is -2.65. The maximum atomic E-state index is 15.1. The number of rotatable bonds is 3. The standard InChI is InChI=1S/C21H20F4N2O3/c1-29-18-8-14(12-3-2-4-13(7-12)21(23,24)25)15(22)9-17(18)27-16-5-6-26-10-19(16)30-11-20(27)28/h2-4,7-9,16,19,26H,5-6,10-11H2,1H3/t16-,19?/m1/s1. The lowest BCUT2D eigenvalue weighted by Gasteiger charge is -2.44. The minimum absolute atomic E-state index is 0.0377. The van der Waals surface area contributed by atoms with Gasteiger partial charge in [-0.2, -0.15) is 13.2 Å². The molecule has 2 atom stereocenters. The summed E-state index contributed by atoms with van der Waals surface area (Å²) in [5, 5.41) is 3.20. The Balaban J connectivity index is 1.77. The predicted molar refractivity (Wildman–Crippen MR) is 102 cm³/mol. The van der Waals surface area contributed by atoms with Crippen molar-refractivity contribution >= 4 is 11.6 Å². The molecule has 0 spiro atoms. The highest BCUT2D eigenvalue weighted by atomic mass is 19.4. The number of anilines is 1. The number of benzene rings is 2. The van der Waals surface area contributed by atoms with Crippen LogP contribution in [0.1, 0.15) is 12.0 Å². The molecule has 2 aromatic rings. The Labute approximate surface area is 170 Å². The molecular formula is C21H20F4N2O3. The van der Waals surface area contributed by atoms with E-state index in [1.165, 1.54) is 30.2 Å². The van der Waals surface area contributed by atoms with Crippen LogP contribution >= 0.6 is 0 Å². The average molecular weight is 424 g/mol.